The highest BCUT2D eigenvalue weighted by atomic mass is 16.2. The van der Waals surface area contributed by atoms with Gasteiger partial charge in [-0.15, -0.1) is 0 Å². The first-order chi connectivity index (χ1) is 10.0. The fourth-order valence-electron chi connectivity index (χ4n) is 2.49. The molecule has 4 heteroatoms. The lowest BCUT2D eigenvalue weighted by Gasteiger charge is -2.34. The third-order valence-electron chi connectivity index (χ3n) is 3.68. The fraction of sp³-hybridized carbons (Fsp3) is 0.556. The topological polar surface area (TPSA) is 49.4 Å². The van der Waals surface area contributed by atoms with Gasteiger partial charge in [0.25, 0.3) is 0 Å². The largest absolute Gasteiger partial charge is 0.329 e. The summed E-state index contributed by atoms with van der Waals surface area (Å²) in [6.45, 7) is 13.5. The minimum Gasteiger partial charge on any atom is -0.329 e. The van der Waals surface area contributed by atoms with Gasteiger partial charge >= 0.3 is 0 Å². The van der Waals surface area contributed by atoms with E-state index in [0.717, 1.165) is 16.8 Å². The van der Waals surface area contributed by atoms with Crippen LogP contribution in [-0.4, -0.2) is 28.8 Å². The molecule has 122 valence electrons. The van der Waals surface area contributed by atoms with E-state index in [1.807, 2.05) is 45.9 Å². The predicted molar refractivity (Wildman–Crippen MR) is 91.0 cm³/mol. The fourth-order valence-corrected chi connectivity index (χ4v) is 2.49. The van der Waals surface area contributed by atoms with E-state index >= 15 is 0 Å². The Bertz CT molecular complexity index is 557. The van der Waals surface area contributed by atoms with Crippen LogP contribution in [0, 0.1) is 6.92 Å². The molecule has 0 saturated heterocycles. The van der Waals surface area contributed by atoms with Crippen molar-refractivity contribution in [3.05, 3.63) is 29.3 Å². The first-order valence-electron chi connectivity index (χ1n) is 7.71. The zero-order valence-electron chi connectivity index (χ0n) is 14.8. The number of nitrogens with one attached hydrogen (secondary N) is 1. The number of amides is 2. The van der Waals surface area contributed by atoms with Crippen LogP contribution in [0.3, 0.4) is 0 Å². The van der Waals surface area contributed by atoms with Crippen molar-refractivity contribution in [3.63, 3.8) is 0 Å². The van der Waals surface area contributed by atoms with Gasteiger partial charge in [-0.1, -0.05) is 32.0 Å². The minimum absolute atomic E-state index is 0.0602. The Morgan fingerprint density at radius 2 is 1.82 bits per heavy atom. The number of aryl methyl sites for hydroxylation is 1. The lowest BCUT2D eigenvalue weighted by Crippen LogP contribution is -2.48. The van der Waals surface area contributed by atoms with Crippen LogP contribution in [0.25, 0.3) is 0 Å². The summed E-state index contributed by atoms with van der Waals surface area (Å²) < 4.78 is 0. The summed E-state index contributed by atoms with van der Waals surface area (Å²) in [4.78, 5) is 25.7. The van der Waals surface area contributed by atoms with Gasteiger partial charge in [0, 0.05) is 18.2 Å². The number of nitrogens with zero attached hydrogens (tertiary/aromatic N) is 1. The highest BCUT2D eigenvalue weighted by Gasteiger charge is 2.26. The molecule has 0 saturated carbocycles. The Labute approximate surface area is 133 Å². The molecular weight excluding hydrogens is 276 g/mol. The molecule has 4 nitrogen and oxygen atoms in total. The van der Waals surface area contributed by atoms with Crippen LogP contribution in [0.15, 0.2) is 18.2 Å². The Hall–Kier alpha value is -1.84. The lowest BCUT2D eigenvalue weighted by atomic mass is 9.98. The second kappa shape index (κ2) is 6.95. The molecular formula is C18H28N2O2. The number of carbonyl (C=O) groups excluding carboxylic acids is 2. The van der Waals surface area contributed by atoms with Gasteiger partial charge < -0.3 is 10.2 Å². The van der Waals surface area contributed by atoms with Crippen LogP contribution in [0.2, 0.25) is 0 Å². The first kappa shape index (κ1) is 18.2. The molecule has 0 unspecified atom stereocenters. The molecule has 0 bridgehead atoms. The van der Waals surface area contributed by atoms with Crippen molar-refractivity contribution in [3.8, 4) is 0 Å². The summed E-state index contributed by atoms with van der Waals surface area (Å²) in [5.41, 5.74) is 2.62. The van der Waals surface area contributed by atoms with Crippen molar-refractivity contribution >= 4 is 17.5 Å². The van der Waals surface area contributed by atoms with Crippen molar-refractivity contribution in [2.24, 2.45) is 0 Å². The van der Waals surface area contributed by atoms with Gasteiger partial charge in [-0.2, -0.15) is 0 Å². The minimum atomic E-state index is -0.379. The number of para-hydroxylation sites is 1. The van der Waals surface area contributed by atoms with E-state index in [-0.39, 0.29) is 23.9 Å². The zero-order valence-corrected chi connectivity index (χ0v) is 14.8. The maximum absolute atomic E-state index is 12.4. The summed E-state index contributed by atoms with van der Waals surface area (Å²) in [5.74, 6) is 0.0552. The molecule has 0 atom stereocenters. The average molecular weight is 304 g/mol. The molecule has 1 rings (SSSR count). The van der Waals surface area contributed by atoms with Gasteiger partial charge in [-0.3, -0.25) is 9.59 Å². The van der Waals surface area contributed by atoms with E-state index < -0.39 is 0 Å². The standard InChI is InChI=1S/C18H28N2O2/c1-12(2)15-10-8-9-13(3)17(15)19-16(22)11-20(14(4)21)18(5,6)7/h8-10,12H,11H2,1-7H3,(H,19,22). The SMILES string of the molecule is CC(=O)N(CC(=O)Nc1c(C)cccc1C(C)C)C(C)(C)C. The smallest absolute Gasteiger partial charge is 0.244 e. The van der Waals surface area contributed by atoms with Crippen LogP contribution in [0.1, 0.15) is 58.6 Å². The molecule has 1 aromatic rings. The highest BCUT2D eigenvalue weighted by molar-refractivity contribution is 5.95. The molecule has 0 heterocycles. The van der Waals surface area contributed by atoms with Gasteiger partial charge in [0.15, 0.2) is 0 Å². The molecule has 0 fully saturated rings. The van der Waals surface area contributed by atoms with Crippen LogP contribution in [0.5, 0.6) is 0 Å². The Morgan fingerprint density at radius 1 is 1.23 bits per heavy atom. The first-order valence-corrected chi connectivity index (χ1v) is 7.71. The van der Waals surface area contributed by atoms with E-state index in [1.165, 1.54) is 6.92 Å². The van der Waals surface area contributed by atoms with E-state index in [2.05, 4.69) is 19.2 Å². The molecule has 0 radical (unpaired) electrons. The molecule has 0 aliphatic rings. The predicted octanol–water partition coefficient (Wildman–Crippen LogP) is 3.70. The maximum atomic E-state index is 12.4. The Balaban J connectivity index is 2.97. The Morgan fingerprint density at radius 3 is 2.27 bits per heavy atom. The molecule has 1 N–H and O–H groups in total. The third-order valence-corrected chi connectivity index (χ3v) is 3.68. The number of carbonyl (C=O) groups is 2. The van der Waals surface area contributed by atoms with Crippen molar-refractivity contribution < 1.29 is 9.59 Å². The number of benzene rings is 1. The van der Waals surface area contributed by atoms with Crippen molar-refractivity contribution in [2.75, 3.05) is 11.9 Å². The van der Waals surface area contributed by atoms with Crippen LogP contribution in [0.4, 0.5) is 5.69 Å². The van der Waals surface area contributed by atoms with Gasteiger partial charge in [0.1, 0.15) is 6.54 Å². The summed E-state index contributed by atoms with van der Waals surface area (Å²) in [6, 6.07) is 6.01. The summed E-state index contributed by atoms with van der Waals surface area (Å²) in [7, 11) is 0. The van der Waals surface area contributed by atoms with E-state index in [0.29, 0.717) is 5.92 Å². The van der Waals surface area contributed by atoms with Crippen LogP contribution >= 0.6 is 0 Å². The quantitative estimate of drug-likeness (QED) is 0.922. The number of hydrogen-bond acceptors (Lipinski definition) is 2. The third kappa shape index (κ3) is 4.58. The molecule has 0 aliphatic carbocycles. The summed E-state index contributed by atoms with van der Waals surface area (Å²) in [6.07, 6.45) is 0. The van der Waals surface area contributed by atoms with E-state index in [4.69, 9.17) is 0 Å². The number of anilines is 1. The van der Waals surface area contributed by atoms with Gasteiger partial charge in [-0.25, -0.2) is 0 Å². The van der Waals surface area contributed by atoms with Crippen LogP contribution < -0.4 is 5.32 Å². The van der Waals surface area contributed by atoms with E-state index in [9.17, 15) is 9.59 Å². The normalized spacial score (nSPS) is 11.5. The second-order valence-electron chi connectivity index (χ2n) is 7.02. The molecule has 0 spiro atoms. The summed E-state index contributed by atoms with van der Waals surface area (Å²) >= 11 is 0. The van der Waals surface area contributed by atoms with Gasteiger partial charge in [-0.05, 0) is 44.7 Å². The van der Waals surface area contributed by atoms with Gasteiger partial charge in [0.2, 0.25) is 11.8 Å². The average Bonchev–Trinajstić information content (AvgIpc) is 2.36. The van der Waals surface area contributed by atoms with E-state index in [1.54, 1.807) is 4.90 Å². The van der Waals surface area contributed by atoms with Crippen molar-refractivity contribution in [2.45, 2.75) is 59.9 Å². The number of rotatable bonds is 4. The summed E-state index contributed by atoms with van der Waals surface area (Å²) in [5, 5.41) is 2.98. The molecule has 2 amide bonds. The molecule has 0 aliphatic heterocycles. The highest BCUT2D eigenvalue weighted by Crippen LogP contribution is 2.27. The molecule has 1 aromatic carbocycles. The Kier molecular flexibility index (Phi) is 5.75. The molecule has 22 heavy (non-hydrogen) atoms. The second-order valence-corrected chi connectivity index (χ2v) is 7.02. The number of hydrogen-bond donors (Lipinski definition) is 1. The maximum Gasteiger partial charge on any atom is 0.244 e. The van der Waals surface area contributed by atoms with Gasteiger partial charge in [0.05, 0.1) is 0 Å². The molecule has 0 aromatic heterocycles. The van der Waals surface area contributed by atoms with Crippen molar-refractivity contribution in [1.29, 1.82) is 0 Å². The monoisotopic (exact) mass is 304 g/mol. The zero-order chi connectivity index (χ0) is 17.1. The van der Waals surface area contributed by atoms with Crippen molar-refractivity contribution in [1.82, 2.24) is 4.90 Å². The van der Waals surface area contributed by atoms with Crippen LogP contribution in [-0.2, 0) is 9.59 Å². The lowest BCUT2D eigenvalue weighted by molar-refractivity contribution is -0.137.